The van der Waals surface area contributed by atoms with Crippen molar-refractivity contribution in [2.75, 3.05) is 11.4 Å². The first-order valence-corrected chi connectivity index (χ1v) is 9.15. The van der Waals surface area contributed by atoms with E-state index in [-0.39, 0.29) is 5.91 Å². The molecule has 140 valence electrons. The third-order valence-electron chi connectivity index (χ3n) is 4.50. The molecule has 3 aromatic rings. The van der Waals surface area contributed by atoms with Crippen LogP contribution < -0.4 is 10.6 Å². The van der Waals surface area contributed by atoms with Crippen LogP contribution in [0.3, 0.4) is 0 Å². The number of imidazole rings is 1. The van der Waals surface area contributed by atoms with Gasteiger partial charge >= 0.3 is 0 Å². The minimum absolute atomic E-state index is 0.106. The van der Waals surface area contributed by atoms with E-state index in [9.17, 15) is 9.59 Å². The number of aryl methyl sites for hydroxylation is 1. The van der Waals surface area contributed by atoms with Crippen LogP contribution in [0.1, 0.15) is 42.6 Å². The van der Waals surface area contributed by atoms with Crippen molar-refractivity contribution in [1.29, 1.82) is 0 Å². The van der Waals surface area contributed by atoms with E-state index < -0.39 is 5.91 Å². The van der Waals surface area contributed by atoms with Crippen LogP contribution in [0.15, 0.2) is 36.4 Å². The molecule has 0 saturated carbocycles. The van der Waals surface area contributed by atoms with Gasteiger partial charge in [0, 0.05) is 24.2 Å². The number of hydrogen-bond donors (Lipinski definition) is 2. The minimum atomic E-state index is -0.495. The van der Waals surface area contributed by atoms with E-state index in [0.717, 1.165) is 28.8 Å². The number of H-pyrrole nitrogens is 1. The van der Waals surface area contributed by atoms with Crippen molar-refractivity contribution in [1.82, 2.24) is 9.97 Å². The van der Waals surface area contributed by atoms with Crippen molar-refractivity contribution in [3.05, 3.63) is 47.5 Å². The molecule has 0 aliphatic carbocycles. The van der Waals surface area contributed by atoms with Gasteiger partial charge in [-0.15, -0.1) is 0 Å². The quantitative estimate of drug-likeness (QED) is 0.697. The summed E-state index contributed by atoms with van der Waals surface area (Å²) in [5, 5.41) is 0. The Kier molecular flexibility index (Phi) is 5.26. The smallest absolute Gasteiger partial charge is 0.250 e. The second kappa shape index (κ2) is 7.61. The van der Waals surface area contributed by atoms with Crippen LogP contribution in [0.4, 0.5) is 5.69 Å². The number of primary amides is 1. The highest BCUT2D eigenvalue weighted by atomic mass is 16.2. The second-order valence-electron chi connectivity index (χ2n) is 6.60. The molecule has 1 heterocycles. The SMILES string of the molecule is CCCN(C(=O)CC)c1ccc(-c2nc3c(C(N)=O)cc(C)cc3[nH]2)cc1. The Hall–Kier alpha value is -3.15. The normalized spacial score (nSPS) is 10.9. The van der Waals surface area contributed by atoms with Gasteiger partial charge in [0.05, 0.1) is 11.1 Å². The average Bonchev–Trinajstić information content (AvgIpc) is 3.08. The molecule has 0 unspecified atom stereocenters. The maximum Gasteiger partial charge on any atom is 0.250 e. The number of nitrogens with zero attached hydrogens (tertiary/aromatic N) is 2. The molecular formula is C21H24N4O2. The fraction of sp³-hybridized carbons (Fsp3) is 0.286. The van der Waals surface area contributed by atoms with Crippen LogP contribution in [0.5, 0.6) is 0 Å². The third-order valence-corrected chi connectivity index (χ3v) is 4.50. The zero-order chi connectivity index (χ0) is 19.6. The van der Waals surface area contributed by atoms with Gasteiger partial charge in [0.15, 0.2) is 0 Å². The lowest BCUT2D eigenvalue weighted by atomic mass is 10.1. The fourth-order valence-corrected chi connectivity index (χ4v) is 3.20. The Bertz CT molecular complexity index is 989. The number of amides is 2. The molecule has 0 fully saturated rings. The van der Waals surface area contributed by atoms with Crippen molar-refractivity contribution >= 4 is 28.5 Å². The van der Waals surface area contributed by atoms with Crippen LogP contribution >= 0.6 is 0 Å². The Labute approximate surface area is 158 Å². The lowest BCUT2D eigenvalue weighted by Gasteiger charge is -2.21. The van der Waals surface area contributed by atoms with E-state index >= 15 is 0 Å². The van der Waals surface area contributed by atoms with Gasteiger partial charge in [0.2, 0.25) is 5.91 Å². The van der Waals surface area contributed by atoms with Crippen LogP contribution in [-0.4, -0.2) is 28.3 Å². The highest BCUT2D eigenvalue weighted by Crippen LogP contribution is 2.26. The van der Waals surface area contributed by atoms with Gasteiger partial charge in [0.1, 0.15) is 11.3 Å². The molecule has 3 N–H and O–H groups in total. The predicted molar refractivity (Wildman–Crippen MR) is 108 cm³/mol. The molecule has 1 aromatic heterocycles. The zero-order valence-corrected chi connectivity index (χ0v) is 15.9. The molecule has 3 rings (SSSR count). The molecular weight excluding hydrogens is 340 g/mol. The third kappa shape index (κ3) is 3.69. The summed E-state index contributed by atoms with van der Waals surface area (Å²) in [6, 6.07) is 11.4. The molecule has 0 aliphatic rings. The van der Waals surface area contributed by atoms with Gasteiger partial charge < -0.3 is 15.6 Å². The van der Waals surface area contributed by atoms with Gasteiger partial charge in [-0.2, -0.15) is 0 Å². The Balaban J connectivity index is 1.99. The molecule has 0 saturated heterocycles. The Morgan fingerprint density at radius 2 is 1.85 bits per heavy atom. The monoisotopic (exact) mass is 364 g/mol. The van der Waals surface area contributed by atoms with Crippen molar-refractivity contribution < 1.29 is 9.59 Å². The highest BCUT2D eigenvalue weighted by Gasteiger charge is 2.15. The van der Waals surface area contributed by atoms with E-state index in [0.29, 0.717) is 29.9 Å². The maximum absolute atomic E-state index is 12.2. The standard InChI is InChI=1S/C21H24N4O2/c1-4-10-25(18(26)5-2)15-8-6-14(7-9-15)21-23-17-12-13(3)11-16(20(22)27)19(17)24-21/h6-9,11-12H,4-5,10H2,1-3H3,(H2,22,27)(H,23,24). The number of aromatic nitrogens is 2. The fourth-order valence-electron chi connectivity index (χ4n) is 3.20. The molecule has 0 bridgehead atoms. The Morgan fingerprint density at radius 1 is 1.15 bits per heavy atom. The van der Waals surface area contributed by atoms with Gasteiger partial charge in [-0.05, 0) is 55.3 Å². The lowest BCUT2D eigenvalue weighted by molar-refractivity contribution is -0.118. The highest BCUT2D eigenvalue weighted by molar-refractivity contribution is 6.05. The number of aromatic amines is 1. The summed E-state index contributed by atoms with van der Waals surface area (Å²) in [7, 11) is 0. The topological polar surface area (TPSA) is 92.1 Å². The van der Waals surface area contributed by atoms with Crippen molar-refractivity contribution in [2.24, 2.45) is 5.73 Å². The molecule has 2 amide bonds. The van der Waals surface area contributed by atoms with Crippen molar-refractivity contribution in [3.63, 3.8) is 0 Å². The largest absolute Gasteiger partial charge is 0.366 e. The number of carbonyl (C=O) groups excluding carboxylic acids is 2. The summed E-state index contributed by atoms with van der Waals surface area (Å²) in [6.45, 7) is 6.52. The number of rotatable bonds is 6. The summed E-state index contributed by atoms with van der Waals surface area (Å²) in [4.78, 5) is 33.5. The van der Waals surface area contributed by atoms with Gasteiger partial charge in [0.25, 0.3) is 5.91 Å². The number of nitrogens with one attached hydrogen (secondary N) is 1. The molecule has 0 spiro atoms. The van der Waals surface area contributed by atoms with E-state index in [4.69, 9.17) is 5.73 Å². The number of nitrogens with two attached hydrogens (primary N) is 1. The number of benzene rings is 2. The van der Waals surface area contributed by atoms with Gasteiger partial charge in [-0.1, -0.05) is 13.8 Å². The zero-order valence-electron chi connectivity index (χ0n) is 15.9. The molecule has 27 heavy (non-hydrogen) atoms. The number of hydrogen-bond acceptors (Lipinski definition) is 3. The van der Waals surface area contributed by atoms with Crippen LogP contribution in [0.25, 0.3) is 22.4 Å². The number of carbonyl (C=O) groups is 2. The van der Waals surface area contributed by atoms with Gasteiger partial charge in [-0.25, -0.2) is 4.98 Å². The first-order valence-electron chi connectivity index (χ1n) is 9.15. The van der Waals surface area contributed by atoms with Crippen LogP contribution in [0.2, 0.25) is 0 Å². The van der Waals surface area contributed by atoms with E-state index in [1.54, 1.807) is 11.0 Å². The number of fused-ring (bicyclic) bond motifs is 1. The minimum Gasteiger partial charge on any atom is -0.366 e. The summed E-state index contributed by atoms with van der Waals surface area (Å²) in [5.74, 6) is 0.272. The second-order valence-corrected chi connectivity index (χ2v) is 6.60. The molecule has 0 aliphatic heterocycles. The molecule has 0 radical (unpaired) electrons. The first kappa shape index (κ1) is 18.6. The van der Waals surface area contributed by atoms with Crippen molar-refractivity contribution in [3.8, 4) is 11.4 Å². The van der Waals surface area contributed by atoms with Gasteiger partial charge in [-0.3, -0.25) is 9.59 Å². The Morgan fingerprint density at radius 3 is 2.44 bits per heavy atom. The van der Waals surface area contributed by atoms with Crippen LogP contribution in [-0.2, 0) is 4.79 Å². The van der Waals surface area contributed by atoms with E-state index in [2.05, 4.69) is 16.9 Å². The number of anilines is 1. The average molecular weight is 364 g/mol. The molecule has 6 nitrogen and oxygen atoms in total. The van der Waals surface area contributed by atoms with E-state index in [1.165, 1.54) is 0 Å². The summed E-state index contributed by atoms with van der Waals surface area (Å²) >= 11 is 0. The summed E-state index contributed by atoms with van der Waals surface area (Å²) in [5.41, 5.74) is 9.93. The van der Waals surface area contributed by atoms with E-state index in [1.807, 2.05) is 44.2 Å². The van der Waals surface area contributed by atoms with Crippen LogP contribution in [0, 0.1) is 6.92 Å². The first-order chi connectivity index (χ1) is 12.9. The molecule has 2 aromatic carbocycles. The molecule has 6 heteroatoms. The molecule has 0 atom stereocenters. The lowest BCUT2D eigenvalue weighted by Crippen LogP contribution is -2.30. The summed E-state index contributed by atoms with van der Waals surface area (Å²) in [6.07, 6.45) is 1.37. The maximum atomic E-state index is 12.2. The van der Waals surface area contributed by atoms with Crippen molar-refractivity contribution in [2.45, 2.75) is 33.6 Å². The predicted octanol–water partition coefficient (Wildman–Crippen LogP) is 3.79. The summed E-state index contributed by atoms with van der Waals surface area (Å²) < 4.78 is 0.